The Morgan fingerprint density at radius 3 is 2.44 bits per heavy atom. The maximum absolute atomic E-state index is 12.8. The summed E-state index contributed by atoms with van der Waals surface area (Å²) < 4.78 is 17.3. The van der Waals surface area contributed by atoms with Crippen molar-refractivity contribution in [3.05, 3.63) is 35.6 Å². The van der Waals surface area contributed by atoms with Crippen molar-refractivity contribution in [3.8, 4) is 0 Å². The molecule has 0 heterocycles. The van der Waals surface area contributed by atoms with Crippen molar-refractivity contribution in [1.82, 2.24) is 5.32 Å². The normalized spacial score (nSPS) is 11.7. The Balaban J connectivity index is 2.85. The van der Waals surface area contributed by atoms with Gasteiger partial charge in [0.2, 0.25) is 0 Å². The fourth-order valence-electron chi connectivity index (χ4n) is 1.52. The van der Waals surface area contributed by atoms with E-state index in [1.165, 1.54) is 19.2 Å². The van der Waals surface area contributed by atoms with Gasteiger partial charge in [-0.2, -0.15) is 0 Å². The summed E-state index contributed by atoms with van der Waals surface area (Å²) in [5.74, 6) is -0.349. The molecule has 0 aromatic heterocycles. The van der Waals surface area contributed by atoms with Gasteiger partial charge in [-0.05, 0) is 17.7 Å². The zero-order valence-electron chi connectivity index (χ0n) is 10.4. The molecule has 98 valence electrons. The van der Waals surface area contributed by atoms with Crippen LogP contribution in [0.5, 0.6) is 0 Å². The first kappa shape index (κ1) is 14.2. The van der Waals surface area contributed by atoms with Crippen LogP contribution in [0, 0.1) is 5.82 Å². The Morgan fingerprint density at radius 1 is 1.33 bits per heavy atom. The number of carbonyl (C=O) groups excluding carboxylic acids is 2. The third-order valence-electron chi connectivity index (χ3n) is 2.58. The van der Waals surface area contributed by atoms with Gasteiger partial charge < -0.3 is 10.1 Å². The second kappa shape index (κ2) is 6.74. The quantitative estimate of drug-likeness (QED) is 0.877. The maximum atomic E-state index is 12.8. The smallest absolute Gasteiger partial charge is 0.407 e. The molecule has 5 heteroatoms. The van der Waals surface area contributed by atoms with Crippen LogP contribution in [-0.4, -0.2) is 19.0 Å². The lowest BCUT2D eigenvalue weighted by atomic mass is 10.0. The number of nitrogens with one attached hydrogen (secondary N) is 1. The van der Waals surface area contributed by atoms with Crippen LogP contribution in [0.1, 0.15) is 31.4 Å². The summed E-state index contributed by atoms with van der Waals surface area (Å²) in [6, 6.07) is 5.17. The Bertz CT molecular complexity index is 399. The third kappa shape index (κ3) is 4.16. The summed E-state index contributed by atoms with van der Waals surface area (Å²) in [6.45, 7) is 1.75. The Kier molecular flexibility index (Phi) is 5.30. The first-order chi connectivity index (χ1) is 8.56. The number of hydrogen-bond donors (Lipinski definition) is 1. The van der Waals surface area contributed by atoms with Gasteiger partial charge in [0.25, 0.3) is 0 Å². The number of alkyl carbamates (subject to hydrolysis) is 1. The van der Waals surface area contributed by atoms with E-state index in [9.17, 15) is 14.0 Å². The highest BCUT2D eigenvalue weighted by molar-refractivity contribution is 5.79. The fourth-order valence-corrected chi connectivity index (χ4v) is 1.52. The van der Waals surface area contributed by atoms with E-state index in [4.69, 9.17) is 0 Å². The van der Waals surface area contributed by atoms with Crippen molar-refractivity contribution in [2.24, 2.45) is 0 Å². The average molecular weight is 253 g/mol. The summed E-state index contributed by atoms with van der Waals surface area (Å²) in [7, 11) is 1.25. The number of carbonyl (C=O) groups is 2. The van der Waals surface area contributed by atoms with Crippen molar-refractivity contribution in [3.63, 3.8) is 0 Å². The van der Waals surface area contributed by atoms with Gasteiger partial charge in [-0.25, -0.2) is 9.18 Å². The summed E-state index contributed by atoms with van der Waals surface area (Å²) in [5.41, 5.74) is 0.670. The van der Waals surface area contributed by atoms with Crippen LogP contribution >= 0.6 is 0 Å². The van der Waals surface area contributed by atoms with Crippen molar-refractivity contribution in [2.75, 3.05) is 7.11 Å². The third-order valence-corrected chi connectivity index (χ3v) is 2.58. The minimum Gasteiger partial charge on any atom is -0.453 e. The van der Waals surface area contributed by atoms with Gasteiger partial charge in [-0.15, -0.1) is 0 Å². The summed E-state index contributed by atoms with van der Waals surface area (Å²) in [4.78, 5) is 22.7. The molecule has 0 radical (unpaired) electrons. The first-order valence-electron chi connectivity index (χ1n) is 5.68. The van der Waals surface area contributed by atoms with Gasteiger partial charge >= 0.3 is 6.09 Å². The van der Waals surface area contributed by atoms with E-state index in [0.29, 0.717) is 12.0 Å². The largest absolute Gasteiger partial charge is 0.453 e. The zero-order chi connectivity index (χ0) is 13.5. The molecule has 1 aromatic rings. The lowest BCUT2D eigenvalue weighted by Crippen LogP contribution is -2.29. The predicted molar refractivity (Wildman–Crippen MR) is 64.6 cm³/mol. The van der Waals surface area contributed by atoms with Crippen LogP contribution < -0.4 is 5.32 Å². The van der Waals surface area contributed by atoms with E-state index < -0.39 is 12.1 Å². The first-order valence-corrected chi connectivity index (χ1v) is 5.68. The highest BCUT2D eigenvalue weighted by atomic mass is 19.1. The number of Topliss-reactive ketones (excluding diaryl/α,β-unsaturated/α-hetero) is 1. The number of rotatable bonds is 5. The minimum absolute atomic E-state index is 0.0146. The molecule has 0 bridgehead atoms. The Morgan fingerprint density at radius 2 is 1.94 bits per heavy atom. The molecule has 0 aliphatic carbocycles. The molecule has 0 aliphatic rings. The van der Waals surface area contributed by atoms with Crippen LogP contribution in [0.2, 0.25) is 0 Å². The van der Waals surface area contributed by atoms with E-state index in [1.807, 2.05) is 0 Å². The van der Waals surface area contributed by atoms with Gasteiger partial charge in [0.05, 0.1) is 13.2 Å². The van der Waals surface area contributed by atoms with Crippen LogP contribution in [0.25, 0.3) is 0 Å². The van der Waals surface area contributed by atoms with E-state index in [-0.39, 0.29) is 18.0 Å². The van der Waals surface area contributed by atoms with Crippen LogP contribution in [0.15, 0.2) is 24.3 Å². The van der Waals surface area contributed by atoms with Crippen molar-refractivity contribution < 1.29 is 18.7 Å². The number of benzene rings is 1. The summed E-state index contributed by atoms with van der Waals surface area (Å²) in [6.07, 6.45) is -0.0640. The topological polar surface area (TPSA) is 55.4 Å². The number of hydrogen-bond acceptors (Lipinski definition) is 3. The molecule has 1 rings (SSSR count). The lowest BCUT2D eigenvalue weighted by molar-refractivity contribution is -0.119. The summed E-state index contributed by atoms with van der Waals surface area (Å²) in [5, 5.41) is 2.56. The molecule has 1 aromatic carbocycles. The molecular weight excluding hydrogens is 237 g/mol. The fraction of sp³-hybridized carbons (Fsp3) is 0.385. The van der Waals surface area contributed by atoms with Gasteiger partial charge in [0.1, 0.15) is 11.6 Å². The summed E-state index contributed by atoms with van der Waals surface area (Å²) >= 11 is 0. The van der Waals surface area contributed by atoms with E-state index in [1.54, 1.807) is 19.1 Å². The Hall–Kier alpha value is -1.91. The molecule has 1 atom stereocenters. The molecule has 4 nitrogen and oxygen atoms in total. The molecular formula is C13H16FNO3. The second-order valence-corrected chi connectivity index (χ2v) is 3.84. The molecule has 18 heavy (non-hydrogen) atoms. The molecule has 1 N–H and O–H groups in total. The van der Waals surface area contributed by atoms with Crippen molar-refractivity contribution in [2.45, 2.75) is 25.8 Å². The monoisotopic (exact) mass is 253 g/mol. The van der Waals surface area contributed by atoms with Gasteiger partial charge in [0, 0.05) is 12.8 Å². The molecule has 0 saturated heterocycles. The second-order valence-electron chi connectivity index (χ2n) is 3.84. The van der Waals surface area contributed by atoms with E-state index >= 15 is 0 Å². The lowest BCUT2D eigenvalue weighted by Gasteiger charge is -2.17. The standard InChI is InChI=1S/C13H16FNO3/c1-3-11(16)8-12(15-13(17)18-2)9-4-6-10(14)7-5-9/h4-7,12H,3,8H2,1-2H3,(H,15,17). The molecule has 1 amide bonds. The van der Waals surface area contributed by atoms with E-state index in [0.717, 1.165) is 0 Å². The van der Waals surface area contributed by atoms with Crippen LogP contribution in [0.3, 0.4) is 0 Å². The number of ether oxygens (including phenoxy) is 1. The number of methoxy groups -OCH3 is 1. The molecule has 0 aliphatic heterocycles. The molecule has 1 unspecified atom stereocenters. The number of ketones is 1. The predicted octanol–water partition coefficient (Wildman–Crippen LogP) is 2.59. The Labute approximate surface area is 105 Å². The van der Waals surface area contributed by atoms with Crippen molar-refractivity contribution >= 4 is 11.9 Å². The van der Waals surface area contributed by atoms with Gasteiger partial charge in [-0.3, -0.25) is 4.79 Å². The van der Waals surface area contributed by atoms with Gasteiger partial charge in [0.15, 0.2) is 0 Å². The molecule has 0 spiro atoms. The average Bonchev–Trinajstić information content (AvgIpc) is 2.38. The number of amides is 1. The maximum Gasteiger partial charge on any atom is 0.407 e. The zero-order valence-corrected chi connectivity index (χ0v) is 10.4. The molecule has 0 fully saturated rings. The highest BCUT2D eigenvalue weighted by Crippen LogP contribution is 2.18. The van der Waals surface area contributed by atoms with Crippen LogP contribution in [-0.2, 0) is 9.53 Å². The van der Waals surface area contributed by atoms with E-state index in [2.05, 4.69) is 10.1 Å². The van der Waals surface area contributed by atoms with Gasteiger partial charge in [-0.1, -0.05) is 19.1 Å². The highest BCUT2D eigenvalue weighted by Gasteiger charge is 2.17. The molecule has 0 saturated carbocycles. The minimum atomic E-state index is -0.617. The number of halogens is 1. The SMILES string of the molecule is CCC(=O)CC(NC(=O)OC)c1ccc(F)cc1. The van der Waals surface area contributed by atoms with Crippen molar-refractivity contribution in [1.29, 1.82) is 0 Å². The van der Waals surface area contributed by atoms with Crippen LogP contribution in [0.4, 0.5) is 9.18 Å².